The number of likely N-dealkylation sites (N-methyl/N-ethyl adjacent to an activating group) is 1. The molecule has 2 aromatic heterocycles. The lowest BCUT2D eigenvalue weighted by Crippen LogP contribution is -2.57. The van der Waals surface area contributed by atoms with Gasteiger partial charge in [0.2, 0.25) is 15.9 Å². The van der Waals surface area contributed by atoms with E-state index in [9.17, 15) is 22.8 Å². The highest BCUT2D eigenvalue weighted by Crippen LogP contribution is 2.46. The van der Waals surface area contributed by atoms with Crippen LogP contribution in [0.1, 0.15) is 57.6 Å². The summed E-state index contributed by atoms with van der Waals surface area (Å²) >= 11 is 1.50. The number of amides is 4. The fraction of sp³-hybridized carbons (Fsp3) is 0.500. The molecule has 0 unspecified atom stereocenters. The average molecular weight is 711 g/mol. The molecule has 4 amide bonds. The van der Waals surface area contributed by atoms with Gasteiger partial charge in [-0.15, -0.1) is 11.3 Å². The molecule has 2 aliphatic heterocycles. The predicted molar refractivity (Wildman–Crippen MR) is 186 cm³/mol. The molecule has 4 heterocycles. The van der Waals surface area contributed by atoms with Crippen LogP contribution in [0.5, 0.6) is 11.5 Å². The van der Waals surface area contributed by atoms with Crippen LogP contribution in [0.15, 0.2) is 41.8 Å². The van der Waals surface area contributed by atoms with Crippen LogP contribution < -0.4 is 19.5 Å². The molecule has 6 rings (SSSR count). The van der Waals surface area contributed by atoms with Gasteiger partial charge in [0.15, 0.2) is 0 Å². The van der Waals surface area contributed by atoms with Crippen LogP contribution in [0.25, 0.3) is 21.6 Å². The predicted octanol–water partition coefficient (Wildman–Crippen LogP) is 4.05. The quantitative estimate of drug-likeness (QED) is 0.345. The van der Waals surface area contributed by atoms with Gasteiger partial charge in [0.1, 0.15) is 39.9 Å². The lowest BCUT2D eigenvalue weighted by atomic mass is 10.1. The Morgan fingerprint density at radius 2 is 1.98 bits per heavy atom. The molecule has 4 atom stereocenters. The van der Waals surface area contributed by atoms with Gasteiger partial charge in [-0.1, -0.05) is 26.0 Å². The minimum absolute atomic E-state index is 0.0599. The molecule has 0 spiro atoms. The molecule has 262 valence electrons. The van der Waals surface area contributed by atoms with E-state index in [2.05, 4.69) is 19.2 Å². The first-order valence-electron chi connectivity index (χ1n) is 16.4. The van der Waals surface area contributed by atoms with E-state index in [4.69, 9.17) is 19.4 Å². The fourth-order valence-corrected chi connectivity index (χ4v) is 7.90. The fourth-order valence-electron chi connectivity index (χ4n) is 6.44. The van der Waals surface area contributed by atoms with Gasteiger partial charge in [0.25, 0.3) is 5.91 Å². The Balaban J connectivity index is 1.33. The van der Waals surface area contributed by atoms with Gasteiger partial charge in [-0.25, -0.2) is 23.2 Å². The number of fused-ring (bicyclic) bond motifs is 3. The topological polar surface area (TPSA) is 160 Å². The molecule has 1 aromatic carbocycles. The van der Waals surface area contributed by atoms with Crippen molar-refractivity contribution < 1.29 is 32.3 Å². The number of hydrogen-bond donors (Lipinski definition) is 2. The SMILES string of the molecule is COc1ccc2c(O[C@H]3C[C@H]4C(=O)N(C)CCCC/C=C\[C@@H]5C[C@@]5(C(=O)NS(C)(=O)=O)NC(=O)N4C3)cc(-c3nc(C(C)C)cs3)nc2c1. The number of methoxy groups -OCH3 is 1. The second-order valence-electron chi connectivity index (χ2n) is 13.4. The van der Waals surface area contributed by atoms with Gasteiger partial charge in [-0.3, -0.25) is 14.3 Å². The van der Waals surface area contributed by atoms with Crippen LogP contribution in [-0.4, -0.2) is 97.2 Å². The van der Waals surface area contributed by atoms with E-state index in [1.807, 2.05) is 46.5 Å². The van der Waals surface area contributed by atoms with E-state index in [1.54, 1.807) is 19.1 Å². The normalized spacial score (nSPS) is 25.3. The summed E-state index contributed by atoms with van der Waals surface area (Å²) in [7, 11) is -0.564. The molecule has 3 aliphatic rings. The van der Waals surface area contributed by atoms with Crippen molar-refractivity contribution in [3.63, 3.8) is 0 Å². The number of urea groups is 1. The molecule has 2 N–H and O–H groups in total. The Labute approximate surface area is 290 Å². The summed E-state index contributed by atoms with van der Waals surface area (Å²) in [6, 6.07) is 5.85. The summed E-state index contributed by atoms with van der Waals surface area (Å²) in [5.41, 5.74) is 0.788. The van der Waals surface area contributed by atoms with Crippen LogP contribution in [0.2, 0.25) is 0 Å². The van der Waals surface area contributed by atoms with E-state index in [-0.39, 0.29) is 37.1 Å². The van der Waals surface area contributed by atoms with Crippen molar-refractivity contribution in [1.29, 1.82) is 0 Å². The molecule has 0 bridgehead atoms. The second-order valence-corrected chi connectivity index (χ2v) is 16.0. The summed E-state index contributed by atoms with van der Waals surface area (Å²) < 4.78 is 38.1. The van der Waals surface area contributed by atoms with Gasteiger partial charge in [-0.05, 0) is 43.7 Å². The number of nitrogens with zero attached hydrogens (tertiary/aromatic N) is 4. The first-order chi connectivity index (χ1) is 23.3. The van der Waals surface area contributed by atoms with Crippen molar-refractivity contribution in [3.8, 4) is 22.2 Å². The van der Waals surface area contributed by atoms with Crippen molar-refractivity contribution in [2.24, 2.45) is 5.92 Å². The highest BCUT2D eigenvalue weighted by molar-refractivity contribution is 7.89. The van der Waals surface area contributed by atoms with E-state index in [1.165, 1.54) is 16.2 Å². The van der Waals surface area contributed by atoms with Gasteiger partial charge < -0.3 is 24.6 Å². The van der Waals surface area contributed by atoms with Crippen molar-refractivity contribution in [3.05, 3.63) is 47.5 Å². The zero-order valence-corrected chi connectivity index (χ0v) is 29.9. The monoisotopic (exact) mass is 710 g/mol. The van der Waals surface area contributed by atoms with E-state index < -0.39 is 39.6 Å². The van der Waals surface area contributed by atoms with Crippen LogP contribution in [-0.2, 0) is 19.6 Å². The van der Waals surface area contributed by atoms with Crippen LogP contribution in [0, 0.1) is 5.92 Å². The minimum atomic E-state index is -3.87. The zero-order chi connectivity index (χ0) is 35.1. The maximum absolute atomic E-state index is 14.0. The number of ether oxygens (including phenoxy) is 2. The second kappa shape index (κ2) is 13.6. The summed E-state index contributed by atoms with van der Waals surface area (Å²) in [4.78, 5) is 53.8. The molecular formula is C34H42N6O7S2. The smallest absolute Gasteiger partial charge is 0.319 e. The maximum Gasteiger partial charge on any atom is 0.319 e. The number of thiazole rings is 1. The van der Waals surface area contributed by atoms with Crippen LogP contribution >= 0.6 is 11.3 Å². The van der Waals surface area contributed by atoms with Crippen LogP contribution in [0.3, 0.4) is 0 Å². The zero-order valence-electron chi connectivity index (χ0n) is 28.3. The third-order valence-electron chi connectivity index (χ3n) is 9.30. The molecule has 1 aliphatic carbocycles. The Morgan fingerprint density at radius 3 is 2.69 bits per heavy atom. The number of benzene rings is 1. The Hall–Kier alpha value is -4.24. The Kier molecular flexibility index (Phi) is 9.59. The van der Waals surface area contributed by atoms with Crippen molar-refractivity contribution >= 4 is 50.1 Å². The van der Waals surface area contributed by atoms with Crippen molar-refractivity contribution in [1.82, 2.24) is 29.8 Å². The number of carbonyl (C=O) groups is 3. The standard InChI is InChI=1S/C34H42N6O7S2/c1-20(2)27-19-48-30(36-27)26-16-29(24-12-11-22(46-4)14-25(24)35-26)47-23-15-28-31(41)39(3)13-9-7-6-8-10-21-17-34(21,32(42)38-49(5,44)45)37-33(43)40(28)18-23/h8,10-12,14,16,19-21,23,28H,6-7,9,13,15,17-18H2,1-5H3,(H,37,43)(H,38,42)/b10-8-/t21-,23+,28+,34-/m1/s1. The number of carbonyl (C=O) groups excluding carboxylic acids is 3. The van der Waals surface area contributed by atoms with Gasteiger partial charge in [0.05, 0.1) is 31.1 Å². The number of aromatic nitrogens is 2. The minimum Gasteiger partial charge on any atom is -0.497 e. The number of sulfonamides is 1. The Bertz CT molecular complexity index is 1910. The van der Waals surface area contributed by atoms with Crippen LogP contribution in [0.4, 0.5) is 4.79 Å². The number of rotatable bonds is 7. The highest BCUT2D eigenvalue weighted by Gasteiger charge is 2.61. The average Bonchev–Trinajstić information content (AvgIpc) is 3.36. The summed E-state index contributed by atoms with van der Waals surface area (Å²) in [6.07, 6.45) is 6.91. The van der Waals surface area contributed by atoms with Crippen molar-refractivity contribution in [2.45, 2.75) is 69.6 Å². The number of hydrogen-bond acceptors (Lipinski definition) is 10. The number of nitrogens with one attached hydrogen (secondary N) is 2. The first kappa shape index (κ1) is 34.6. The van der Waals surface area contributed by atoms with E-state index in [0.717, 1.165) is 41.6 Å². The van der Waals surface area contributed by atoms with Crippen molar-refractivity contribution in [2.75, 3.05) is 33.5 Å². The maximum atomic E-state index is 14.0. The summed E-state index contributed by atoms with van der Waals surface area (Å²) in [5, 5.41) is 6.31. The molecule has 49 heavy (non-hydrogen) atoms. The molecule has 3 aromatic rings. The summed E-state index contributed by atoms with van der Waals surface area (Å²) in [6.45, 7) is 4.75. The molecule has 2 fully saturated rings. The number of allylic oxidation sites excluding steroid dienone is 1. The van der Waals surface area contributed by atoms with Gasteiger partial charge >= 0.3 is 6.03 Å². The molecular weight excluding hydrogens is 669 g/mol. The lowest BCUT2D eigenvalue weighted by molar-refractivity contribution is -0.134. The largest absolute Gasteiger partial charge is 0.497 e. The Morgan fingerprint density at radius 1 is 1.18 bits per heavy atom. The molecule has 1 saturated carbocycles. The molecule has 1 saturated heterocycles. The number of pyridine rings is 1. The molecule has 13 nitrogen and oxygen atoms in total. The third kappa shape index (κ3) is 7.37. The molecule has 0 radical (unpaired) electrons. The third-order valence-corrected chi connectivity index (χ3v) is 10.7. The summed E-state index contributed by atoms with van der Waals surface area (Å²) in [5.74, 6) is -0.00256. The molecule has 15 heteroatoms. The van der Waals surface area contributed by atoms with Gasteiger partial charge in [-0.2, -0.15) is 0 Å². The lowest BCUT2D eigenvalue weighted by Gasteiger charge is -2.29. The van der Waals surface area contributed by atoms with E-state index >= 15 is 0 Å². The van der Waals surface area contributed by atoms with Gasteiger partial charge in [0, 0.05) is 48.8 Å². The highest BCUT2D eigenvalue weighted by atomic mass is 32.2. The first-order valence-corrected chi connectivity index (χ1v) is 19.2. The van der Waals surface area contributed by atoms with E-state index in [0.29, 0.717) is 29.3 Å².